The smallest absolute Gasteiger partial charge is 0.233 e. The Morgan fingerprint density at radius 2 is 2.00 bits per heavy atom. The van der Waals surface area contributed by atoms with Crippen molar-refractivity contribution in [3.8, 4) is 0 Å². The van der Waals surface area contributed by atoms with Gasteiger partial charge < -0.3 is 5.32 Å². The highest BCUT2D eigenvalue weighted by Gasteiger charge is 2.67. The van der Waals surface area contributed by atoms with Crippen LogP contribution in [-0.2, 0) is 14.6 Å². The Morgan fingerprint density at radius 1 is 1.40 bits per heavy atom. The standard InChI is InChI=1S/C13H15Cl2NO3S/c1-3-20(18,19)10-6-4-5-9(7-10)16-11(17)12(2)8-13(12,14)15/h4-7H,3,8H2,1-2H3,(H,16,17)/t12-/m1/s1. The lowest BCUT2D eigenvalue weighted by atomic mass is 10.1. The fourth-order valence-electron chi connectivity index (χ4n) is 1.85. The van der Waals surface area contributed by atoms with Gasteiger partial charge >= 0.3 is 0 Å². The second-order valence-corrected chi connectivity index (χ2v) is 8.86. The lowest BCUT2D eigenvalue weighted by molar-refractivity contribution is -0.120. The van der Waals surface area contributed by atoms with Crippen molar-refractivity contribution in [1.82, 2.24) is 0 Å². The zero-order valence-corrected chi connectivity index (χ0v) is 13.4. The third-order valence-electron chi connectivity index (χ3n) is 3.59. The van der Waals surface area contributed by atoms with E-state index < -0.39 is 19.6 Å². The van der Waals surface area contributed by atoms with E-state index in [0.29, 0.717) is 12.1 Å². The van der Waals surface area contributed by atoms with Crippen LogP contribution in [0, 0.1) is 5.41 Å². The molecule has 0 aliphatic heterocycles. The van der Waals surface area contributed by atoms with Crippen LogP contribution in [-0.4, -0.2) is 24.4 Å². The largest absolute Gasteiger partial charge is 0.325 e. The number of halogens is 2. The van der Waals surface area contributed by atoms with Gasteiger partial charge in [-0.1, -0.05) is 13.0 Å². The van der Waals surface area contributed by atoms with Crippen molar-refractivity contribution in [2.75, 3.05) is 11.1 Å². The molecule has 1 amide bonds. The summed E-state index contributed by atoms with van der Waals surface area (Å²) in [4.78, 5) is 12.3. The number of hydrogen-bond acceptors (Lipinski definition) is 3. The van der Waals surface area contributed by atoms with Crippen LogP contribution in [0.2, 0.25) is 0 Å². The van der Waals surface area contributed by atoms with E-state index in [1.165, 1.54) is 12.1 Å². The van der Waals surface area contributed by atoms with Gasteiger partial charge in [0.25, 0.3) is 0 Å². The Bertz CT molecular complexity index is 657. The number of hydrogen-bond donors (Lipinski definition) is 1. The number of carbonyl (C=O) groups excluding carboxylic acids is 1. The monoisotopic (exact) mass is 335 g/mol. The van der Waals surface area contributed by atoms with Gasteiger partial charge in [-0.25, -0.2) is 8.42 Å². The molecule has 0 bridgehead atoms. The van der Waals surface area contributed by atoms with Crippen molar-refractivity contribution < 1.29 is 13.2 Å². The molecule has 1 fully saturated rings. The molecular weight excluding hydrogens is 321 g/mol. The van der Waals surface area contributed by atoms with E-state index in [1.54, 1.807) is 26.0 Å². The molecule has 0 spiro atoms. The van der Waals surface area contributed by atoms with Crippen LogP contribution in [0.4, 0.5) is 5.69 Å². The molecule has 1 aliphatic rings. The molecule has 2 rings (SSSR count). The molecule has 1 N–H and O–H groups in total. The number of sulfone groups is 1. The minimum atomic E-state index is -3.30. The van der Waals surface area contributed by atoms with Crippen LogP contribution in [0.25, 0.3) is 0 Å². The maximum absolute atomic E-state index is 12.1. The van der Waals surface area contributed by atoms with Gasteiger partial charge in [0.05, 0.1) is 16.1 Å². The van der Waals surface area contributed by atoms with Crippen LogP contribution in [0.1, 0.15) is 20.3 Å². The summed E-state index contributed by atoms with van der Waals surface area (Å²) >= 11 is 11.9. The van der Waals surface area contributed by atoms with E-state index in [0.717, 1.165) is 0 Å². The Morgan fingerprint density at radius 3 is 2.50 bits per heavy atom. The fourth-order valence-corrected chi connectivity index (χ4v) is 3.48. The first-order valence-corrected chi connectivity index (χ1v) is 8.55. The van der Waals surface area contributed by atoms with Crippen LogP contribution >= 0.6 is 23.2 Å². The van der Waals surface area contributed by atoms with Crippen LogP contribution in [0.15, 0.2) is 29.2 Å². The Labute approximate surface area is 128 Å². The number of rotatable bonds is 4. The summed E-state index contributed by atoms with van der Waals surface area (Å²) in [6.45, 7) is 3.25. The van der Waals surface area contributed by atoms with Gasteiger partial charge in [0.2, 0.25) is 5.91 Å². The van der Waals surface area contributed by atoms with E-state index in [9.17, 15) is 13.2 Å². The summed E-state index contributed by atoms with van der Waals surface area (Å²) in [6.07, 6.45) is 0.377. The molecule has 1 aromatic rings. The topological polar surface area (TPSA) is 63.2 Å². The van der Waals surface area contributed by atoms with E-state index >= 15 is 0 Å². The highest BCUT2D eigenvalue weighted by atomic mass is 35.5. The van der Waals surface area contributed by atoms with Crippen molar-refractivity contribution in [2.24, 2.45) is 5.41 Å². The summed E-state index contributed by atoms with van der Waals surface area (Å²) in [5.41, 5.74) is -0.419. The predicted octanol–water partition coefficient (Wildman–Crippen LogP) is 3.00. The van der Waals surface area contributed by atoms with Crippen LogP contribution < -0.4 is 5.32 Å². The van der Waals surface area contributed by atoms with Gasteiger partial charge in [-0.15, -0.1) is 23.2 Å². The van der Waals surface area contributed by atoms with Crippen LogP contribution in [0.5, 0.6) is 0 Å². The average Bonchev–Trinajstić information content (AvgIpc) is 2.90. The highest BCUT2D eigenvalue weighted by Crippen LogP contribution is 2.64. The minimum absolute atomic E-state index is 0.00852. The molecule has 1 saturated carbocycles. The number of amides is 1. The SMILES string of the molecule is CCS(=O)(=O)c1cccc(NC(=O)[C@@]2(C)CC2(Cl)Cl)c1. The number of alkyl halides is 2. The zero-order valence-electron chi connectivity index (χ0n) is 11.1. The quantitative estimate of drug-likeness (QED) is 0.860. The molecule has 0 heterocycles. The first kappa shape index (κ1) is 15.6. The molecule has 1 aromatic carbocycles. The number of nitrogens with one attached hydrogen (secondary N) is 1. The third-order valence-corrected chi connectivity index (χ3v) is 6.42. The number of benzene rings is 1. The number of carbonyl (C=O) groups is 1. The minimum Gasteiger partial charge on any atom is -0.325 e. The first-order chi connectivity index (χ1) is 9.12. The van der Waals surface area contributed by atoms with Crippen molar-refractivity contribution in [3.63, 3.8) is 0 Å². The van der Waals surface area contributed by atoms with Gasteiger partial charge in [0.15, 0.2) is 9.84 Å². The summed E-state index contributed by atoms with van der Waals surface area (Å²) in [5.74, 6) is -0.303. The Kier molecular flexibility index (Phi) is 3.82. The van der Waals surface area contributed by atoms with Crippen molar-refractivity contribution >= 4 is 44.6 Å². The van der Waals surface area contributed by atoms with Crippen molar-refractivity contribution in [2.45, 2.75) is 29.5 Å². The Hall–Kier alpha value is -0.780. The molecule has 0 aromatic heterocycles. The highest BCUT2D eigenvalue weighted by molar-refractivity contribution is 7.91. The lowest BCUT2D eigenvalue weighted by Crippen LogP contribution is -2.26. The van der Waals surface area contributed by atoms with Gasteiger partial charge in [0, 0.05) is 5.69 Å². The molecule has 110 valence electrons. The molecule has 1 aliphatic carbocycles. The second-order valence-electron chi connectivity index (χ2n) is 5.10. The third kappa shape index (κ3) is 2.67. The molecular formula is C13H15Cl2NO3S. The molecule has 0 unspecified atom stereocenters. The molecule has 0 saturated heterocycles. The molecule has 0 radical (unpaired) electrons. The van der Waals surface area contributed by atoms with E-state index in [1.807, 2.05) is 0 Å². The predicted molar refractivity (Wildman–Crippen MR) is 80.0 cm³/mol. The summed E-state index contributed by atoms with van der Waals surface area (Å²) < 4.78 is 22.5. The molecule has 4 nitrogen and oxygen atoms in total. The maximum Gasteiger partial charge on any atom is 0.233 e. The maximum atomic E-state index is 12.1. The zero-order chi connectivity index (χ0) is 15.2. The van der Waals surface area contributed by atoms with Crippen molar-refractivity contribution in [3.05, 3.63) is 24.3 Å². The lowest BCUT2D eigenvalue weighted by Gasteiger charge is -2.13. The van der Waals surface area contributed by atoms with Gasteiger partial charge in [0.1, 0.15) is 4.33 Å². The van der Waals surface area contributed by atoms with Gasteiger partial charge in [-0.05, 0) is 31.5 Å². The second kappa shape index (κ2) is 4.90. The number of anilines is 1. The van der Waals surface area contributed by atoms with Gasteiger partial charge in [-0.3, -0.25) is 4.79 Å². The molecule has 1 atom stereocenters. The molecule has 20 heavy (non-hydrogen) atoms. The van der Waals surface area contributed by atoms with Crippen LogP contribution in [0.3, 0.4) is 0 Å². The fraction of sp³-hybridized carbons (Fsp3) is 0.462. The van der Waals surface area contributed by atoms with E-state index in [-0.39, 0.29) is 16.6 Å². The summed E-state index contributed by atoms with van der Waals surface area (Å²) in [7, 11) is -3.30. The van der Waals surface area contributed by atoms with E-state index in [4.69, 9.17) is 23.2 Å². The molecule has 7 heteroatoms. The Balaban J connectivity index is 2.20. The summed E-state index contributed by atoms with van der Waals surface area (Å²) in [6, 6.07) is 6.15. The van der Waals surface area contributed by atoms with Gasteiger partial charge in [-0.2, -0.15) is 0 Å². The first-order valence-electron chi connectivity index (χ1n) is 6.14. The van der Waals surface area contributed by atoms with E-state index in [2.05, 4.69) is 5.32 Å². The normalized spacial score (nSPS) is 24.2. The summed E-state index contributed by atoms with van der Waals surface area (Å²) in [5, 5.41) is 2.66. The van der Waals surface area contributed by atoms with Crippen molar-refractivity contribution in [1.29, 1.82) is 0 Å². The average molecular weight is 336 g/mol.